The number of amides is 1. The van der Waals surface area contributed by atoms with Gasteiger partial charge in [0.05, 0.1) is 16.0 Å². The number of rotatable bonds is 4. The highest BCUT2D eigenvalue weighted by Crippen LogP contribution is 2.29. The zero-order valence-corrected chi connectivity index (χ0v) is 14.1. The van der Waals surface area contributed by atoms with E-state index in [0.29, 0.717) is 5.75 Å². The Balaban J connectivity index is 1.62. The number of thioether (sulfide) groups is 1. The van der Waals surface area contributed by atoms with Gasteiger partial charge >= 0.3 is 0 Å². The molecule has 3 aromatic rings. The SMILES string of the molecule is Cc1cc(C)cc(NC(=O)CSc2nc3ccccc3s2)c1. The molecule has 0 unspecified atom stereocenters. The van der Waals surface area contributed by atoms with Crippen molar-refractivity contribution in [3.8, 4) is 0 Å². The molecule has 3 rings (SSSR count). The summed E-state index contributed by atoms with van der Waals surface area (Å²) >= 11 is 3.10. The zero-order valence-electron chi connectivity index (χ0n) is 12.4. The molecule has 22 heavy (non-hydrogen) atoms. The highest BCUT2D eigenvalue weighted by molar-refractivity contribution is 8.01. The second-order valence-electron chi connectivity index (χ2n) is 5.16. The molecule has 1 N–H and O–H groups in total. The molecule has 0 saturated heterocycles. The van der Waals surface area contributed by atoms with Gasteiger partial charge in [0.25, 0.3) is 0 Å². The van der Waals surface area contributed by atoms with Gasteiger partial charge in [-0.25, -0.2) is 4.98 Å². The number of aromatic nitrogens is 1. The van der Waals surface area contributed by atoms with Gasteiger partial charge in [0.2, 0.25) is 5.91 Å². The third kappa shape index (κ3) is 3.67. The molecule has 1 heterocycles. The number of hydrogen-bond donors (Lipinski definition) is 1. The Bertz CT molecular complexity index is 773. The standard InChI is InChI=1S/C17H16N2OS2/c1-11-7-12(2)9-13(8-11)18-16(20)10-21-17-19-14-5-3-4-6-15(14)22-17/h3-9H,10H2,1-2H3,(H,18,20). The number of anilines is 1. The van der Waals surface area contributed by atoms with Gasteiger partial charge in [-0.05, 0) is 49.2 Å². The fourth-order valence-electron chi connectivity index (χ4n) is 2.28. The van der Waals surface area contributed by atoms with Crippen molar-refractivity contribution in [1.82, 2.24) is 4.98 Å². The molecule has 3 nitrogen and oxygen atoms in total. The smallest absolute Gasteiger partial charge is 0.234 e. The Morgan fingerprint density at radius 2 is 1.91 bits per heavy atom. The van der Waals surface area contributed by atoms with Crippen molar-refractivity contribution in [2.24, 2.45) is 0 Å². The molecule has 0 aliphatic carbocycles. The van der Waals surface area contributed by atoms with Crippen LogP contribution in [0.4, 0.5) is 5.69 Å². The van der Waals surface area contributed by atoms with E-state index in [9.17, 15) is 4.79 Å². The van der Waals surface area contributed by atoms with Gasteiger partial charge in [0.1, 0.15) is 0 Å². The number of carbonyl (C=O) groups excluding carboxylic acids is 1. The van der Waals surface area contributed by atoms with E-state index >= 15 is 0 Å². The summed E-state index contributed by atoms with van der Waals surface area (Å²) in [6, 6.07) is 14.1. The minimum absolute atomic E-state index is 0.00532. The van der Waals surface area contributed by atoms with Crippen molar-refractivity contribution in [2.75, 3.05) is 11.1 Å². The molecule has 0 aliphatic heterocycles. The predicted octanol–water partition coefficient (Wildman–Crippen LogP) is 4.64. The van der Waals surface area contributed by atoms with Crippen LogP contribution in [0.1, 0.15) is 11.1 Å². The molecule has 1 aromatic heterocycles. The number of carbonyl (C=O) groups is 1. The Hall–Kier alpha value is -1.85. The minimum Gasteiger partial charge on any atom is -0.325 e. The molecule has 0 aliphatic rings. The molecular formula is C17H16N2OS2. The molecule has 0 radical (unpaired) electrons. The van der Waals surface area contributed by atoms with Crippen LogP contribution in [0.3, 0.4) is 0 Å². The van der Waals surface area contributed by atoms with Crippen LogP contribution in [-0.2, 0) is 4.79 Å². The van der Waals surface area contributed by atoms with E-state index in [1.807, 2.05) is 50.2 Å². The lowest BCUT2D eigenvalue weighted by Gasteiger charge is -2.06. The molecule has 0 saturated carbocycles. The number of nitrogens with zero attached hydrogens (tertiary/aromatic N) is 1. The molecule has 112 valence electrons. The third-order valence-corrected chi connectivity index (χ3v) is 5.29. The third-order valence-electron chi connectivity index (χ3n) is 3.11. The van der Waals surface area contributed by atoms with E-state index in [0.717, 1.165) is 31.4 Å². The number of aryl methyl sites for hydroxylation is 2. The highest BCUT2D eigenvalue weighted by atomic mass is 32.2. The average molecular weight is 328 g/mol. The summed E-state index contributed by atoms with van der Waals surface area (Å²) < 4.78 is 2.08. The highest BCUT2D eigenvalue weighted by Gasteiger charge is 2.08. The number of fused-ring (bicyclic) bond motifs is 1. The molecule has 0 atom stereocenters. The van der Waals surface area contributed by atoms with Crippen molar-refractivity contribution in [2.45, 2.75) is 18.2 Å². The lowest BCUT2D eigenvalue weighted by molar-refractivity contribution is -0.113. The number of benzene rings is 2. The maximum absolute atomic E-state index is 12.1. The van der Waals surface area contributed by atoms with Crippen molar-refractivity contribution >= 4 is 44.9 Å². The molecule has 1 amide bonds. The van der Waals surface area contributed by atoms with E-state index in [4.69, 9.17) is 0 Å². The Morgan fingerprint density at radius 1 is 1.18 bits per heavy atom. The fraction of sp³-hybridized carbons (Fsp3) is 0.176. The van der Waals surface area contributed by atoms with Crippen LogP contribution in [0.15, 0.2) is 46.8 Å². The van der Waals surface area contributed by atoms with Crippen LogP contribution in [0.2, 0.25) is 0 Å². The van der Waals surface area contributed by atoms with Crippen molar-refractivity contribution in [3.63, 3.8) is 0 Å². The van der Waals surface area contributed by atoms with Crippen LogP contribution >= 0.6 is 23.1 Å². The van der Waals surface area contributed by atoms with E-state index in [-0.39, 0.29) is 5.91 Å². The largest absolute Gasteiger partial charge is 0.325 e. The van der Waals surface area contributed by atoms with Crippen LogP contribution in [0, 0.1) is 13.8 Å². The summed E-state index contributed by atoms with van der Waals surface area (Å²) in [5.41, 5.74) is 4.14. The van der Waals surface area contributed by atoms with Crippen molar-refractivity contribution in [1.29, 1.82) is 0 Å². The number of para-hydroxylation sites is 1. The summed E-state index contributed by atoms with van der Waals surface area (Å²) in [5.74, 6) is 0.363. The normalized spacial score (nSPS) is 10.8. The second kappa shape index (κ2) is 6.50. The zero-order chi connectivity index (χ0) is 15.5. The first-order valence-electron chi connectivity index (χ1n) is 6.97. The van der Waals surface area contributed by atoms with Gasteiger partial charge in [-0.2, -0.15) is 0 Å². The number of nitrogens with one attached hydrogen (secondary N) is 1. The quantitative estimate of drug-likeness (QED) is 0.709. The summed E-state index contributed by atoms with van der Waals surface area (Å²) in [7, 11) is 0. The monoisotopic (exact) mass is 328 g/mol. The molecule has 0 spiro atoms. The van der Waals surface area contributed by atoms with Crippen LogP contribution < -0.4 is 5.32 Å². The fourth-order valence-corrected chi connectivity index (χ4v) is 4.15. The van der Waals surface area contributed by atoms with E-state index < -0.39 is 0 Å². The summed E-state index contributed by atoms with van der Waals surface area (Å²) in [6.07, 6.45) is 0. The van der Waals surface area contributed by atoms with Gasteiger partial charge in [-0.1, -0.05) is 30.0 Å². The van der Waals surface area contributed by atoms with Crippen molar-refractivity contribution in [3.05, 3.63) is 53.6 Å². The Kier molecular flexibility index (Phi) is 4.45. The van der Waals surface area contributed by atoms with E-state index in [1.54, 1.807) is 11.3 Å². The molecule has 0 bridgehead atoms. The van der Waals surface area contributed by atoms with Gasteiger partial charge in [-0.15, -0.1) is 11.3 Å². The minimum atomic E-state index is -0.00532. The molecular weight excluding hydrogens is 312 g/mol. The van der Waals surface area contributed by atoms with E-state index in [2.05, 4.69) is 16.4 Å². The second-order valence-corrected chi connectivity index (χ2v) is 7.41. The van der Waals surface area contributed by atoms with E-state index in [1.165, 1.54) is 11.8 Å². The van der Waals surface area contributed by atoms with Crippen LogP contribution in [-0.4, -0.2) is 16.6 Å². The van der Waals surface area contributed by atoms with Gasteiger partial charge < -0.3 is 5.32 Å². The Morgan fingerprint density at radius 3 is 2.64 bits per heavy atom. The summed E-state index contributed by atoms with van der Waals surface area (Å²) in [4.78, 5) is 16.6. The molecule has 0 fully saturated rings. The molecule has 2 aromatic carbocycles. The number of thiazole rings is 1. The lowest BCUT2D eigenvalue weighted by Crippen LogP contribution is -2.14. The first kappa shape index (κ1) is 15.1. The summed E-state index contributed by atoms with van der Waals surface area (Å²) in [5, 5.41) is 2.94. The summed E-state index contributed by atoms with van der Waals surface area (Å²) in [6.45, 7) is 4.05. The maximum Gasteiger partial charge on any atom is 0.234 e. The first-order valence-corrected chi connectivity index (χ1v) is 8.77. The number of hydrogen-bond acceptors (Lipinski definition) is 4. The Labute approximate surface area is 137 Å². The molecule has 5 heteroatoms. The van der Waals surface area contributed by atoms with Crippen LogP contribution in [0.5, 0.6) is 0 Å². The van der Waals surface area contributed by atoms with Crippen molar-refractivity contribution < 1.29 is 4.79 Å². The van der Waals surface area contributed by atoms with Gasteiger partial charge in [0, 0.05) is 5.69 Å². The lowest BCUT2D eigenvalue weighted by atomic mass is 10.1. The average Bonchev–Trinajstić information content (AvgIpc) is 2.87. The van der Waals surface area contributed by atoms with Crippen LogP contribution in [0.25, 0.3) is 10.2 Å². The topological polar surface area (TPSA) is 42.0 Å². The van der Waals surface area contributed by atoms with Gasteiger partial charge in [-0.3, -0.25) is 4.79 Å². The predicted molar refractivity (Wildman–Crippen MR) is 94.9 cm³/mol. The maximum atomic E-state index is 12.1. The first-order chi connectivity index (χ1) is 10.6. The van der Waals surface area contributed by atoms with Gasteiger partial charge in [0.15, 0.2) is 4.34 Å².